The quantitative estimate of drug-likeness (QED) is 0.606. The molecular weight excluding hydrogens is 482 g/mol. The standard InChI is InChI=1S/C29H37N5O4/c1-17(35)26-21-12-20(18-9-10-18)11-19-7-5-3-4-6-8-24(36)31-16-29-13-22(28(38)30-2)34(23(29)14-29)25(37)15-33(32-26)27(19)21/h11-12,18,22-23H,3-10,13-16H2,1-2H3,(H,30,38)(H,31,36)/t22-,23+,29-/m0/s1. The Morgan fingerprint density at radius 3 is 2.55 bits per heavy atom. The highest BCUT2D eigenvalue weighted by Gasteiger charge is 2.67. The number of nitrogens with zero attached hydrogens (tertiary/aromatic N) is 3. The van der Waals surface area contributed by atoms with E-state index in [1.165, 1.54) is 12.5 Å². The molecule has 202 valence electrons. The van der Waals surface area contributed by atoms with Gasteiger partial charge in [0.25, 0.3) is 0 Å². The SMILES string of the molecule is CNC(=O)[C@@H]1C[C@]23CNC(=O)CCCCCCc4cc(C5CC5)cc5c(C(C)=O)nn(c45)CC(=O)N1[C@@H]2C3. The van der Waals surface area contributed by atoms with Gasteiger partial charge < -0.3 is 15.5 Å². The summed E-state index contributed by atoms with van der Waals surface area (Å²) in [5.74, 6) is 0.115. The third kappa shape index (κ3) is 4.39. The maximum Gasteiger partial charge on any atom is 0.245 e. The van der Waals surface area contributed by atoms with Crippen molar-refractivity contribution in [2.45, 2.75) is 95.7 Å². The lowest BCUT2D eigenvalue weighted by atomic mass is 9.97. The highest BCUT2D eigenvalue weighted by Crippen LogP contribution is 2.59. The second-order valence-corrected chi connectivity index (χ2v) is 11.8. The number of nitrogens with one attached hydrogen (secondary N) is 2. The minimum atomic E-state index is -0.572. The molecule has 2 saturated carbocycles. The number of amides is 3. The Morgan fingerprint density at radius 2 is 1.84 bits per heavy atom. The number of carbonyl (C=O) groups is 4. The van der Waals surface area contributed by atoms with Crippen LogP contribution in [0.5, 0.6) is 0 Å². The van der Waals surface area contributed by atoms with Crippen LogP contribution in [0.2, 0.25) is 0 Å². The average Bonchev–Trinajstić information content (AvgIpc) is 3.81. The van der Waals surface area contributed by atoms with Crippen molar-refractivity contribution >= 4 is 34.4 Å². The predicted octanol–water partition coefficient (Wildman–Crippen LogP) is 2.84. The first-order valence-corrected chi connectivity index (χ1v) is 14.1. The third-order valence-electron chi connectivity index (χ3n) is 9.11. The number of carbonyl (C=O) groups excluding carboxylic acids is 4. The van der Waals surface area contributed by atoms with Crippen molar-refractivity contribution in [3.05, 3.63) is 29.0 Å². The number of hydrogen-bond donors (Lipinski definition) is 2. The van der Waals surface area contributed by atoms with Crippen molar-refractivity contribution < 1.29 is 19.2 Å². The van der Waals surface area contributed by atoms with Gasteiger partial charge in [0.15, 0.2) is 5.78 Å². The molecule has 2 aliphatic carbocycles. The van der Waals surface area contributed by atoms with Crippen LogP contribution in [0.15, 0.2) is 12.1 Å². The molecule has 2 aromatic rings. The van der Waals surface area contributed by atoms with Crippen molar-refractivity contribution in [2.24, 2.45) is 5.41 Å². The Balaban J connectivity index is 1.41. The summed E-state index contributed by atoms with van der Waals surface area (Å²) >= 11 is 0. The van der Waals surface area contributed by atoms with Crippen molar-refractivity contribution in [1.82, 2.24) is 25.3 Å². The number of aromatic nitrogens is 2. The zero-order chi connectivity index (χ0) is 26.6. The fourth-order valence-electron chi connectivity index (χ4n) is 6.81. The summed E-state index contributed by atoms with van der Waals surface area (Å²) in [6.07, 6.45) is 8.78. The molecule has 38 heavy (non-hydrogen) atoms. The van der Waals surface area contributed by atoms with Gasteiger partial charge in [-0.15, -0.1) is 0 Å². The zero-order valence-electron chi connectivity index (χ0n) is 22.3. The number of benzene rings is 1. The summed E-state index contributed by atoms with van der Waals surface area (Å²) in [7, 11) is 1.59. The van der Waals surface area contributed by atoms with Gasteiger partial charge in [-0.25, -0.2) is 0 Å². The van der Waals surface area contributed by atoms with Crippen molar-refractivity contribution in [1.29, 1.82) is 0 Å². The molecule has 1 aromatic heterocycles. The topological polar surface area (TPSA) is 113 Å². The van der Waals surface area contributed by atoms with E-state index in [0.29, 0.717) is 31.0 Å². The molecule has 0 radical (unpaired) electrons. The maximum atomic E-state index is 13.9. The van der Waals surface area contributed by atoms with Gasteiger partial charge >= 0.3 is 0 Å². The van der Waals surface area contributed by atoms with Crippen LogP contribution in [0, 0.1) is 5.41 Å². The fourth-order valence-corrected chi connectivity index (χ4v) is 6.81. The van der Waals surface area contributed by atoms with E-state index in [4.69, 9.17) is 5.10 Å². The molecule has 6 rings (SSSR count). The summed E-state index contributed by atoms with van der Waals surface area (Å²) in [4.78, 5) is 53.6. The largest absolute Gasteiger partial charge is 0.357 e. The van der Waals surface area contributed by atoms with E-state index < -0.39 is 6.04 Å². The van der Waals surface area contributed by atoms with Crippen molar-refractivity contribution in [2.75, 3.05) is 13.6 Å². The van der Waals surface area contributed by atoms with E-state index in [1.807, 2.05) is 0 Å². The van der Waals surface area contributed by atoms with Crippen molar-refractivity contribution in [3.8, 4) is 0 Å². The van der Waals surface area contributed by atoms with E-state index >= 15 is 0 Å². The monoisotopic (exact) mass is 519 g/mol. The molecular formula is C29H37N5O4. The van der Waals surface area contributed by atoms with Crippen LogP contribution in [0.4, 0.5) is 0 Å². The molecule has 3 fully saturated rings. The van der Waals surface area contributed by atoms with Crippen LogP contribution in [-0.4, -0.2) is 63.9 Å². The van der Waals surface area contributed by atoms with Crippen LogP contribution in [0.25, 0.3) is 10.9 Å². The second kappa shape index (κ2) is 9.50. The Kier molecular flexibility index (Phi) is 6.27. The minimum absolute atomic E-state index is 0.0218. The van der Waals surface area contributed by atoms with Gasteiger partial charge in [-0.3, -0.25) is 23.9 Å². The van der Waals surface area contributed by atoms with Crippen LogP contribution in [-0.2, 0) is 27.3 Å². The Labute approximate surface area is 222 Å². The van der Waals surface area contributed by atoms with Crippen molar-refractivity contribution in [3.63, 3.8) is 0 Å². The highest BCUT2D eigenvalue weighted by molar-refractivity contribution is 6.06. The van der Waals surface area contributed by atoms with Gasteiger partial charge in [-0.2, -0.15) is 5.10 Å². The molecule has 0 spiro atoms. The van der Waals surface area contributed by atoms with Gasteiger partial charge in [0.2, 0.25) is 17.7 Å². The van der Waals surface area contributed by atoms with Gasteiger partial charge in [0.05, 0.1) is 5.52 Å². The minimum Gasteiger partial charge on any atom is -0.357 e. The number of aryl methyl sites for hydroxylation is 1. The summed E-state index contributed by atoms with van der Waals surface area (Å²) in [5.41, 5.74) is 3.41. The number of Topliss-reactive ketones (excluding diaryl/α,β-unsaturated/α-hetero) is 1. The molecule has 0 unspecified atom stereocenters. The normalized spacial score (nSPS) is 28.0. The lowest BCUT2D eigenvalue weighted by molar-refractivity contribution is -0.140. The van der Waals surface area contributed by atoms with E-state index in [0.717, 1.165) is 67.8 Å². The summed E-state index contributed by atoms with van der Waals surface area (Å²) < 4.78 is 1.71. The lowest BCUT2D eigenvalue weighted by Gasteiger charge is -2.26. The first-order chi connectivity index (χ1) is 18.3. The number of likely N-dealkylation sites (N-methyl/N-ethyl adjacent to an activating group) is 1. The molecule has 3 atom stereocenters. The fraction of sp³-hybridized carbons (Fsp3) is 0.621. The maximum absolute atomic E-state index is 13.9. The van der Waals surface area contributed by atoms with E-state index in [9.17, 15) is 19.2 Å². The number of hydrogen-bond acceptors (Lipinski definition) is 5. The van der Waals surface area contributed by atoms with E-state index in [-0.39, 0.29) is 41.5 Å². The first-order valence-electron chi connectivity index (χ1n) is 14.1. The van der Waals surface area contributed by atoms with Crippen LogP contribution in [0.3, 0.4) is 0 Å². The number of piperidine rings is 1. The Bertz CT molecular complexity index is 1330. The van der Waals surface area contributed by atoms with Crippen LogP contribution in [0.1, 0.15) is 92.2 Å². The number of rotatable bonds is 3. The molecule has 9 heteroatoms. The molecule has 3 amide bonds. The number of ketones is 1. The molecule has 1 aromatic carbocycles. The van der Waals surface area contributed by atoms with E-state index in [2.05, 4.69) is 22.8 Å². The zero-order valence-corrected chi connectivity index (χ0v) is 22.3. The Hall–Kier alpha value is -3.23. The molecule has 1 saturated heterocycles. The molecule has 2 aliphatic heterocycles. The van der Waals surface area contributed by atoms with Gasteiger partial charge in [0.1, 0.15) is 18.3 Å². The van der Waals surface area contributed by atoms with Gasteiger partial charge in [0, 0.05) is 43.8 Å². The summed E-state index contributed by atoms with van der Waals surface area (Å²) in [6.45, 7) is 2.00. The summed E-state index contributed by atoms with van der Waals surface area (Å²) in [5, 5.41) is 11.3. The van der Waals surface area contributed by atoms with Crippen LogP contribution < -0.4 is 10.6 Å². The predicted molar refractivity (Wildman–Crippen MR) is 142 cm³/mol. The molecule has 3 heterocycles. The molecule has 4 aliphatic rings. The third-order valence-corrected chi connectivity index (χ3v) is 9.11. The smallest absolute Gasteiger partial charge is 0.245 e. The van der Waals surface area contributed by atoms with E-state index in [1.54, 1.807) is 16.6 Å². The first kappa shape index (κ1) is 25.1. The van der Waals surface area contributed by atoms with Gasteiger partial charge in [-0.1, -0.05) is 18.9 Å². The molecule has 9 nitrogen and oxygen atoms in total. The second-order valence-electron chi connectivity index (χ2n) is 11.8. The molecule has 2 N–H and O–H groups in total. The molecule has 2 bridgehead atoms. The Morgan fingerprint density at radius 1 is 1.08 bits per heavy atom. The lowest BCUT2D eigenvalue weighted by Crippen LogP contribution is -2.48. The average molecular weight is 520 g/mol. The van der Waals surface area contributed by atoms with Crippen LogP contribution >= 0.6 is 0 Å². The summed E-state index contributed by atoms with van der Waals surface area (Å²) in [6, 6.07) is 3.71. The van der Waals surface area contributed by atoms with Gasteiger partial charge in [-0.05, 0) is 68.1 Å². The highest BCUT2D eigenvalue weighted by atomic mass is 16.2.